The molecular formula is C27H23N5O2. The van der Waals surface area contributed by atoms with Crippen LogP contribution < -0.4 is 10.1 Å². The second kappa shape index (κ2) is 9.15. The topological polar surface area (TPSA) is 81.4 Å². The monoisotopic (exact) mass is 449 g/mol. The molecule has 0 aliphatic heterocycles. The Bertz CT molecular complexity index is 1450. The molecule has 0 atom stereocenters. The quantitative estimate of drug-likeness (QED) is 0.359. The summed E-state index contributed by atoms with van der Waals surface area (Å²) < 4.78 is 7.51. The Morgan fingerprint density at radius 2 is 1.53 bits per heavy atom. The smallest absolute Gasteiger partial charge is 0.278 e. The summed E-state index contributed by atoms with van der Waals surface area (Å²) in [4.78, 5) is 13.0. The van der Waals surface area contributed by atoms with E-state index in [4.69, 9.17) is 9.84 Å². The van der Waals surface area contributed by atoms with Crippen LogP contribution in [0.5, 0.6) is 11.5 Å². The van der Waals surface area contributed by atoms with Gasteiger partial charge in [0.05, 0.1) is 17.0 Å². The van der Waals surface area contributed by atoms with E-state index in [0.717, 1.165) is 29.0 Å². The molecule has 0 unspecified atom stereocenters. The number of hydrogen-bond acceptors (Lipinski definition) is 5. The minimum absolute atomic E-state index is 0.224. The number of aromatic nitrogens is 4. The Morgan fingerprint density at radius 1 is 0.882 bits per heavy atom. The first kappa shape index (κ1) is 21.3. The van der Waals surface area contributed by atoms with Crippen molar-refractivity contribution in [1.29, 1.82) is 0 Å². The van der Waals surface area contributed by atoms with Crippen molar-refractivity contribution in [2.24, 2.45) is 0 Å². The highest BCUT2D eigenvalue weighted by atomic mass is 16.5. The summed E-state index contributed by atoms with van der Waals surface area (Å²) in [6, 6.07) is 26.7. The van der Waals surface area contributed by atoms with Crippen LogP contribution in [0.25, 0.3) is 16.8 Å². The Balaban J connectivity index is 1.40. The molecule has 5 aromatic rings. The lowest BCUT2D eigenvalue weighted by atomic mass is 10.0. The van der Waals surface area contributed by atoms with E-state index < -0.39 is 0 Å². The van der Waals surface area contributed by atoms with Crippen molar-refractivity contribution in [3.63, 3.8) is 0 Å². The lowest BCUT2D eigenvalue weighted by molar-refractivity contribution is 0.102. The molecule has 7 nitrogen and oxygen atoms in total. The molecule has 0 bridgehead atoms. The van der Waals surface area contributed by atoms with Gasteiger partial charge >= 0.3 is 0 Å². The van der Waals surface area contributed by atoms with Crippen LogP contribution in [0.2, 0.25) is 0 Å². The average Bonchev–Trinajstić information content (AvgIpc) is 3.26. The van der Waals surface area contributed by atoms with Gasteiger partial charge in [-0.05, 0) is 55.3 Å². The number of carbonyl (C=O) groups is 1. The summed E-state index contributed by atoms with van der Waals surface area (Å²) in [5.41, 5.74) is 5.00. The van der Waals surface area contributed by atoms with Crippen molar-refractivity contribution >= 4 is 17.2 Å². The summed E-state index contributed by atoms with van der Waals surface area (Å²) in [6.07, 6.45) is 0.742. The van der Waals surface area contributed by atoms with Crippen LogP contribution in [-0.4, -0.2) is 25.7 Å². The summed E-state index contributed by atoms with van der Waals surface area (Å²) in [5, 5.41) is 16.3. The summed E-state index contributed by atoms with van der Waals surface area (Å²) >= 11 is 0. The standard InChI is InChI=1S/C27H23N5O2/c1-3-23-24(19-10-6-4-7-11-19)26-30-29-25(18(2)32(26)31-23)27(33)28-20-14-16-22(17-15-20)34-21-12-8-5-9-13-21/h4-17H,3H2,1-2H3,(H,28,33). The molecule has 0 radical (unpaired) electrons. The molecule has 3 aromatic carbocycles. The lowest BCUT2D eigenvalue weighted by Crippen LogP contribution is -2.18. The Hall–Kier alpha value is -4.52. The van der Waals surface area contributed by atoms with Gasteiger partial charge in [0, 0.05) is 5.69 Å². The fraction of sp³-hybridized carbons (Fsp3) is 0.111. The third-order valence-electron chi connectivity index (χ3n) is 5.54. The van der Waals surface area contributed by atoms with Gasteiger partial charge in [-0.3, -0.25) is 4.79 Å². The van der Waals surface area contributed by atoms with Crippen LogP contribution in [-0.2, 0) is 6.42 Å². The van der Waals surface area contributed by atoms with Crippen molar-refractivity contribution < 1.29 is 9.53 Å². The average molecular weight is 450 g/mol. The van der Waals surface area contributed by atoms with Gasteiger partial charge in [0.2, 0.25) is 0 Å². The van der Waals surface area contributed by atoms with Crippen LogP contribution >= 0.6 is 0 Å². The molecule has 2 heterocycles. The molecule has 0 saturated heterocycles. The van der Waals surface area contributed by atoms with Gasteiger partial charge in [-0.25, -0.2) is 4.52 Å². The molecule has 1 N–H and O–H groups in total. The summed E-state index contributed by atoms with van der Waals surface area (Å²) in [6.45, 7) is 3.88. The molecule has 168 valence electrons. The van der Waals surface area contributed by atoms with E-state index in [1.54, 1.807) is 28.8 Å². The van der Waals surface area contributed by atoms with Crippen molar-refractivity contribution in [1.82, 2.24) is 19.8 Å². The number of carbonyl (C=O) groups excluding carboxylic acids is 1. The Labute approximate surface area is 197 Å². The molecule has 0 saturated carbocycles. The van der Waals surface area contributed by atoms with Gasteiger partial charge in [-0.15, -0.1) is 10.2 Å². The Morgan fingerprint density at radius 3 is 2.21 bits per heavy atom. The third-order valence-corrected chi connectivity index (χ3v) is 5.54. The number of rotatable bonds is 6. The van der Waals surface area contributed by atoms with E-state index in [2.05, 4.69) is 22.4 Å². The zero-order valence-corrected chi connectivity index (χ0v) is 18.9. The zero-order chi connectivity index (χ0) is 23.5. The number of benzene rings is 3. The highest BCUT2D eigenvalue weighted by Crippen LogP contribution is 2.28. The predicted octanol–water partition coefficient (Wildman–Crippen LogP) is 5.71. The number of nitrogens with one attached hydrogen (secondary N) is 1. The van der Waals surface area contributed by atoms with Crippen molar-refractivity contribution in [3.8, 4) is 22.6 Å². The first-order valence-corrected chi connectivity index (χ1v) is 11.1. The van der Waals surface area contributed by atoms with E-state index in [1.165, 1.54) is 0 Å². The van der Waals surface area contributed by atoms with E-state index in [0.29, 0.717) is 22.8 Å². The van der Waals surface area contributed by atoms with Gasteiger partial charge in [0.25, 0.3) is 5.91 Å². The maximum atomic E-state index is 13.0. The Kier molecular flexibility index (Phi) is 5.74. The molecule has 0 aliphatic carbocycles. The number of amides is 1. The van der Waals surface area contributed by atoms with E-state index >= 15 is 0 Å². The van der Waals surface area contributed by atoms with E-state index in [1.807, 2.05) is 67.6 Å². The maximum Gasteiger partial charge on any atom is 0.278 e. The number of anilines is 1. The second-order valence-electron chi connectivity index (χ2n) is 7.80. The number of fused-ring (bicyclic) bond motifs is 1. The molecule has 2 aromatic heterocycles. The van der Waals surface area contributed by atoms with Gasteiger partial charge in [-0.1, -0.05) is 55.5 Å². The third kappa shape index (κ3) is 4.11. The number of ether oxygens (including phenoxy) is 1. The number of nitrogens with zero attached hydrogens (tertiary/aromatic N) is 4. The molecular weight excluding hydrogens is 426 g/mol. The molecule has 0 fully saturated rings. The number of para-hydroxylation sites is 1. The van der Waals surface area contributed by atoms with Crippen molar-refractivity contribution in [2.75, 3.05) is 5.32 Å². The van der Waals surface area contributed by atoms with Crippen LogP contribution in [0.1, 0.15) is 28.8 Å². The molecule has 1 amide bonds. The van der Waals surface area contributed by atoms with Gasteiger partial charge in [0.1, 0.15) is 11.5 Å². The highest BCUT2D eigenvalue weighted by molar-refractivity contribution is 6.03. The minimum Gasteiger partial charge on any atom is -0.457 e. The van der Waals surface area contributed by atoms with Crippen LogP contribution in [0.4, 0.5) is 5.69 Å². The number of aryl methyl sites for hydroxylation is 2. The van der Waals surface area contributed by atoms with Crippen molar-refractivity contribution in [3.05, 3.63) is 102 Å². The second-order valence-corrected chi connectivity index (χ2v) is 7.80. The summed E-state index contributed by atoms with van der Waals surface area (Å²) in [5.74, 6) is 1.08. The van der Waals surface area contributed by atoms with E-state index in [9.17, 15) is 4.79 Å². The molecule has 0 aliphatic rings. The molecule has 5 rings (SSSR count). The van der Waals surface area contributed by atoms with Crippen LogP contribution in [0, 0.1) is 6.92 Å². The van der Waals surface area contributed by atoms with Gasteiger partial charge < -0.3 is 10.1 Å². The van der Waals surface area contributed by atoms with Gasteiger partial charge in [-0.2, -0.15) is 5.10 Å². The number of hydrogen-bond donors (Lipinski definition) is 1. The summed E-state index contributed by atoms with van der Waals surface area (Å²) in [7, 11) is 0. The molecule has 7 heteroatoms. The maximum absolute atomic E-state index is 13.0. The van der Waals surface area contributed by atoms with Crippen molar-refractivity contribution in [2.45, 2.75) is 20.3 Å². The largest absolute Gasteiger partial charge is 0.457 e. The lowest BCUT2D eigenvalue weighted by Gasteiger charge is -2.09. The highest BCUT2D eigenvalue weighted by Gasteiger charge is 2.21. The normalized spacial score (nSPS) is 10.9. The van der Waals surface area contributed by atoms with E-state index in [-0.39, 0.29) is 11.6 Å². The SMILES string of the molecule is CCc1nn2c(C)c(C(=O)Nc3ccc(Oc4ccccc4)cc3)nnc2c1-c1ccccc1. The fourth-order valence-corrected chi connectivity index (χ4v) is 3.83. The van der Waals surface area contributed by atoms with Gasteiger partial charge in [0.15, 0.2) is 11.3 Å². The minimum atomic E-state index is -0.349. The predicted molar refractivity (Wildman–Crippen MR) is 131 cm³/mol. The zero-order valence-electron chi connectivity index (χ0n) is 18.9. The molecule has 0 spiro atoms. The molecule has 34 heavy (non-hydrogen) atoms. The first-order chi connectivity index (χ1) is 16.6. The fourth-order valence-electron chi connectivity index (χ4n) is 3.83. The first-order valence-electron chi connectivity index (χ1n) is 11.1. The van der Waals surface area contributed by atoms with Crippen LogP contribution in [0.3, 0.4) is 0 Å². The van der Waals surface area contributed by atoms with Crippen LogP contribution in [0.15, 0.2) is 84.9 Å².